The van der Waals surface area contributed by atoms with Gasteiger partial charge in [0.1, 0.15) is 13.2 Å². The van der Waals surface area contributed by atoms with Gasteiger partial charge in [-0.3, -0.25) is 0 Å². The lowest BCUT2D eigenvalue weighted by atomic mass is 9.98. The molecule has 3 rings (SSSR count). The number of carbonyl (C=O) groups excluding carboxylic acids is 2. The van der Waals surface area contributed by atoms with Crippen molar-refractivity contribution in [3.05, 3.63) is 59.7 Å². The van der Waals surface area contributed by atoms with Crippen LogP contribution in [0.15, 0.2) is 48.5 Å². The highest BCUT2D eigenvalue weighted by atomic mass is 16.6. The Bertz CT molecular complexity index is 1020. The molecule has 0 bridgehead atoms. The molecular formula is C31H43NO10. The van der Waals surface area contributed by atoms with Crippen molar-refractivity contribution in [2.75, 3.05) is 107 Å². The quantitative estimate of drug-likeness (QED) is 0.150. The molecule has 0 atom stereocenters. The van der Waals surface area contributed by atoms with Crippen LogP contribution in [0.4, 0.5) is 4.79 Å². The molecule has 11 nitrogen and oxygen atoms in total. The van der Waals surface area contributed by atoms with Gasteiger partial charge in [-0.25, -0.2) is 9.59 Å². The number of hydrogen-bond donors (Lipinski definition) is 0. The summed E-state index contributed by atoms with van der Waals surface area (Å²) in [5.41, 5.74) is 4.79. The number of benzene rings is 2. The number of amides is 1. The van der Waals surface area contributed by atoms with Crippen LogP contribution in [-0.4, -0.2) is 124 Å². The Morgan fingerprint density at radius 2 is 1.07 bits per heavy atom. The standard InChI is InChI=1S/C31H43NO10/c1-32(31(34)42-23-29-27-9-5-3-7-25(27)26-8-4-6-10-28(26)29)11-12-36-13-14-37-15-16-38-17-18-39-19-20-40-21-22-41-24-30(33)35-2/h3-10,29H,11-24H2,1-2H3. The van der Waals surface area contributed by atoms with Crippen LogP contribution < -0.4 is 0 Å². The van der Waals surface area contributed by atoms with Crippen LogP contribution in [0.2, 0.25) is 0 Å². The first-order valence-electron chi connectivity index (χ1n) is 14.2. The summed E-state index contributed by atoms with van der Waals surface area (Å²) in [6.07, 6.45) is -0.368. The molecule has 0 unspecified atom stereocenters. The fourth-order valence-corrected chi connectivity index (χ4v) is 4.31. The monoisotopic (exact) mass is 589 g/mol. The zero-order chi connectivity index (χ0) is 29.8. The third kappa shape index (κ3) is 11.7. The Hall–Kier alpha value is -3.06. The van der Waals surface area contributed by atoms with E-state index in [9.17, 15) is 9.59 Å². The van der Waals surface area contributed by atoms with Crippen molar-refractivity contribution in [3.63, 3.8) is 0 Å². The number of rotatable bonds is 22. The maximum atomic E-state index is 12.5. The van der Waals surface area contributed by atoms with E-state index in [1.165, 1.54) is 34.3 Å². The SMILES string of the molecule is COC(=O)COCCOCCOCCOCCOCCOCCN(C)C(=O)OCC1c2ccccc2-c2ccccc21. The zero-order valence-electron chi connectivity index (χ0n) is 24.6. The molecule has 0 saturated carbocycles. The largest absolute Gasteiger partial charge is 0.467 e. The van der Waals surface area contributed by atoms with Gasteiger partial charge in [-0.2, -0.15) is 0 Å². The van der Waals surface area contributed by atoms with E-state index in [2.05, 4.69) is 29.0 Å². The maximum absolute atomic E-state index is 12.5. The Kier molecular flexibility index (Phi) is 15.9. The maximum Gasteiger partial charge on any atom is 0.409 e. The van der Waals surface area contributed by atoms with Gasteiger partial charge < -0.3 is 42.8 Å². The lowest BCUT2D eigenvalue weighted by Gasteiger charge is -2.19. The fourth-order valence-electron chi connectivity index (χ4n) is 4.31. The van der Waals surface area contributed by atoms with E-state index in [0.717, 1.165) is 0 Å². The fraction of sp³-hybridized carbons (Fsp3) is 0.548. The third-order valence-corrected chi connectivity index (χ3v) is 6.53. The van der Waals surface area contributed by atoms with Crippen LogP contribution in [0, 0.1) is 0 Å². The molecule has 0 N–H and O–H groups in total. The number of likely N-dealkylation sites (N-methyl/N-ethyl adjacent to an activating group) is 1. The Morgan fingerprint density at radius 3 is 1.55 bits per heavy atom. The predicted molar refractivity (Wildman–Crippen MR) is 155 cm³/mol. The molecular weight excluding hydrogens is 546 g/mol. The Morgan fingerprint density at radius 1 is 0.643 bits per heavy atom. The van der Waals surface area contributed by atoms with Crippen molar-refractivity contribution < 1.29 is 47.5 Å². The molecule has 2 aromatic carbocycles. The highest BCUT2D eigenvalue weighted by molar-refractivity contribution is 5.79. The molecule has 0 radical (unpaired) electrons. The van der Waals surface area contributed by atoms with Crippen molar-refractivity contribution in [3.8, 4) is 11.1 Å². The number of esters is 1. The number of hydrogen-bond acceptors (Lipinski definition) is 10. The van der Waals surface area contributed by atoms with Gasteiger partial charge in [0.05, 0.1) is 79.8 Å². The van der Waals surface area contributed by atoms with Gasteiger partial charge in [-0.05, 0) is 22.3 Å². The molecule has 0 saturated heterocycles. The zero-order valence-corrected chi connectivity index (χ0v) is 24.6. The molecule has 42 heavy (non-hydrogen) atoms. The van der Waals surface area contributed by atoms with Crippen LogP contribution in [0.3, 0.4) is 0 Å². The number of nitrogens with zero attached hydrogens (tertiary/aromatic N) is 1. The second kappa shape index (κ2) is 20.0. The average Bonchev–Trinajstić information content (AvgIpc) is 3.34. The second-order valence-electron chi connectivity index (χ2n) is 9.42. The highest BCUT2D eigenvalue weighted by Crippen LogP contribution is 2.44. The van der Waals surface area contributed by atoms with E-state index < -0.39 is 5.97 Å². The van der Waals surface area contributed by atoms with Gasteiger partial charge in [-0.1, -0.05) is 48.5 Å². The van der Waals surface area contributed by atoms with Crippen LogP contribution >= 0.6 is 0 Å². The number of fused-ring (bicyclic) bond motifs is 3. The molecule has 0 fully saturated rings. The van der Waals surface area contributed by atoms with E-state index in [1.54, 1.807) is 7.05 Å². The molecule has 0 aromatic heterocycles. The minimum atomic E-state index is -0.412. The van der Waals surface area contributed by atoms with Crippen molar-refractivity contribution in [2.24, 2.45) is 0 Å². The van der Waals surface area contributed by atoms with Crippen LogP contribution in [0.1, 0.15) is 17.0 Å². The van der Waals surface area contributed by atoms with Gasteiger partial charge >= 0.3 is 12.1 Å². The van der Waals surface area contributed by atoms with E-state index in [1.807, 2.05) is 24.3 Å². The van der Waals surface area contributed by atoms with E-state index in [-0.39, 0.29) is 18.6 Å². The van der Waals surface area contributed by atoms with E-state index in [0.29, 0.717) is 85.8 Å². The number of carbonyl (C=O) groups is 2. The van der Waals surface area contributed by atoms with Gasteiger partial charge in [0.2, 0.25) is 0 Å². The summed E-state index contributed by atoms with van der Waals surface area (Å²) in [7, 11) is 3.02. The van der Waals surface area contributed by atoms with Gasteiger partial charge in [0.15, 0.2) is 0 Å². The van der Waals surface area contributed by atoms with E-state index in [4.69, 9.17) is 33.2 Å². The lowest BCUT2D eigenvalue weighted by Crippen LogP contribution is -2.32. The lowest BCUT2D eigenvalue weighted by molar-refractivity contribution is -0.146. The van der Waals surface area contributed by atoms with Gasteiger partial charge in [-0.15, -0.1) is 0 Å². The van der Waals surface area contributed by atoms with Crippen LogP contribution in [-0.2, 0) is 42.7 Å². The molecule has 0 heterocycles. The topological polar surface area (TPSA) is 111 Å². The molecule has 1 amide bonds. The van der Waals surface area contributed by atoms with Crippen molar-refractivity contribution in [2.45, 2.75) is 5.92 Å². The molecule has 0 spiro atoms. The third-order valence-electron chi connectivity index (χ3n) is 6.53. The highest BCUT2D eigenvalue weighted by Gasteiger charge is 2.29. The molecule has 11 heteroatoms. The van der Waals surface area contributed by atoms with Crippen molar-refractivity contribution in [1.82, 2.24) is 4.90 Å². The molecule has 232 valence electrons. The van der Waals surface area contributed by atoms with Crippen molar-refractivity contribution in [1.29, 1.82) is 0 Å². The average molecular weight is 590 g/mol. The van der Waals surface area contributed by atoms with E-state index >= 15 is 0 Å². The molecule has 1 aliphatic rings. The summed E-state index contributed by atoms with van der Waals surface area (Å²) in [5.74, 6) is -0.372. The normalized spacial score (nSPS) is 12.1. The van der Waals surface area contributed by atoms with Crippen LogP contribution in [0.5, 0.6) is 0 Å². The molecule has 0 aliphatic heterocycles. The summed E-state index contributed by atoms with van der Waals surface area (Å²) in [6.45, 7) is 5.33. The smallest absolute Gasteiger partial charge is 0.409 e. The minimum Gasteiger partial charge on any atom is -0.467 e. The summed E-state index contributed by atoms with van der Waals surface area (Å²) in [4.78, 5) is 24.9. The Balaban J connectivity index is 1.10. The first-order chi connectivity index (χ1) is 20.6. The second-order valence-corrected chi connectivity index (χ2v) is 9.42. The summed E-state index contributed by atoms with van der Waals surface area (Å²) >= 11 is 0. The summed E-state index contributed by atoms with van der Waals surface area (Å²) < 4.78 is 42.5. The van der Waals surface area contributed by atoms with Gasteiger partial charge in [0, 0.05) is 19.5 Å². The van der Waals surface area contributed by atoms with Crippen LogP contribution in [0.25, 0.3) is 11.1 Å². The summed E-state index contributed by atoms with van der Waals surface area (Å²) in [5, 5.41) is 0. The van der Waals surface area contributed by atoms with Crippen molar-refractivity contribution >= 4 is 12.1 Å². The number of methoxy groups -OCH3 is 1. The molecule has 1 aliphatic carbocycles. The number of ether oxygens (including phenoxy) is 8. The minimum absolute atomic E-state index is 0.0392. The summed E-state index contributed by atoms with van der Waals surface area (Å²) in [6, 6.07) is 16.5. The Labute approximate surface area is 247 Å². The predicted octanol–water partition coefficient (Wildman–Crippen LogP) is 3.14. The molecule has 2 aromatic rings. The van der Waals surface area contributed by atoms with Gasteiger partial charge in [0.25, 0.3) is 0 Å². The first-order valence-corrected chi connectivity index (χ1v) is 14.2. The first kappa shape index (κ1) is 33.4.